The van der Waals surface area contributed by atoms with Gasteiger partial charge in [0.25, 0.3) is 0 Å². The van der Waals surface area contributed by atoms with E-state index < -0.39 is 0 Å². The molecular weight excluding hydrogens is 371 g/mol. The average molecular weight is 389 g/mol. The minimum absolute atomic E-state index is 0.440. The molecule has 0 saturated carbocycles. The molecule has 2 N–H and O–H groups in total. The zero-order valence-corrected chi connectivity index (χ0v) is 15.7. The first kappa shape index (κ1) is 18.5. The summed E-state index contributed by atoms with van der Waals surface area (Å²) in [4.78, 5) is 9.11. The Morgan fingerprint density at radius 1 is 1.00 bits per heavy atom. The third-order valence-electron chi connectivity index (χ3n) is 3.59. The van der Waals surface area contributed by atoms with E-state index in [1.54, 1.807) is 25.3 Å². The van der Waals surface area contributed by atoms with Gasteiger partial charge in [-0.2, -0.15) is 4.98 Å². The molecule has 0 aliphatic carbocycles. The van der Waals surface area contributed by atoms with Crippen LogP contribution in [0.3, 0.4) is 0 Å². The molecule has 2 aromatic carbocycles. The van der Waals surface area contributed by atoms with E-state index in [-0.39, 0.29) is 0 Å². The maximum absolute atomic E-state index is 6.24. The molecule has 3 rings (SSSR count). The van der Waals surface area contributed by atoms with E-state index in [1.165, 1.54) is 0 Å². The molecule has 7 heteroatoms. The Morgan fingerprint density at radius 2 is 1.81 bits per heavy atom. The summed E-state index contributed by atoms with van der Waals surface area (Å²) < 4.78 is 5.08. The normalized spacial score (nSPS) is 10.6. The van der Waals surface area contributed by atoms with Crippen LogP contribution in [0.25, 0.3) is 11.3 Å². The van der Waals surface area contributed by atoms with Gasteiger partial charge < -0.3 is 15.4 Å². The Balaban J connectivity index is 1.93. The molecule has 26 heavy (non-hydrogen) atoms. The number of hydrogen-bond acceptors (Lipinski definition) is 5. The van der Waals surface area contributed by atoms with Crippen molar-refractivity contribution in [2.75, 3.05) is 30.9 Å². The molecule has 0 atom stereocenters. The summed E-state index contributed by atoms with van der Waals surface area (Å²) >= 11 is 12.2. The number of rotatable bonds is 7. The molecule has 0 aliphatic rings. The van der Waals surface area contributed by atoms with Gasteiger partial charge in [0, 0.05) is 30.3 Å². The molecule has 0 bridgehead atoms. The van der Waals surface area contributed by atoms with Crippen LogP contribution in [0.1, 0.15) is 0 Å². The topological polar surface area (TPSA) is 59.1 Å². The lowest BCUT2D eigenvalue weighted by Gasteiger charge is -2.12. The summed E-state index contributed by atoms with van der Waals surface area (Å²) in [6.07, 6.45) is 0. The minimum atomic E-state index is 0.440. The van der Waals surface area contributed by atoms with Gasteiger partial charge in [0.2, 0.25) is 5.95 Å². The summed E-state index contributed by atoms with van der Waals surface area (Å²) in [5.41, 5.74) is 2.48. The maximum atomic E-state index is 6.24. The van der Waals surface area contributed by atoms with Crippen molar-refractivity contribution >= 4 is 40.7 Å². The van der Waals surface area contributed by atoms with E-state index in [9.17, 15) is 0 Å². The van der Waals surface area contributed by atoms with Crippen LogP contribution in [0.15, 0.2) is 54.6 Å². The van der Waals surface area contributed by atoms with Crippen molar-refractivity contribution in [2.24, 2.45) is 0 Å². The van der Waals surface area contributed by atoms with E-state index >= 15 is 0 Å². The molecule has 1 aromatic heterocycles. The van der Waals surface area contributed by atoms with Gasteiger partial charge in [-0.1, -0.05) is 53.5 Å². The van der Waals surface area contributed by atoms with Crippen LogP contribution in [-0.4, -0.2) is 30.2 Å². The van der Waals surface area contributed by atoms with Crippen LogP contribution in [0.2, 0.25) is 10.0 Å². The predicted octanol–water partition coefficient (Wildman–Crippen LogP) is 5.25. The van der Waals surface area contributed by atoms with Gasteiger partial charge in [-0.15, -0.1) is 0 Å². The number of halogens is 2. The highest BCUT2D eigenvalue weighted by Gasteiger charge is 2.09. The molecule has 0 amide bonds. The number of ether oxygens (including phenoxy) is 1. The van der Waals surface area contributed by atoms with Crippen molar-refractivity contribution in [3.63, 3.8) is 0 Å². The molecule has 3 aromatic rings. The molecule has 0 saturated heterocycles. The van der Waals surface area contributed by atoms with Crippen LogP contribution in [0, 0.1) is 0 Å². The molecule has 1 heterocycles. The van der Waals surface area contributed by atoms with E-state index in [0.717, 1.165) is 11.3 Å². The molecule has 0 radical (unpaired) electrons. The second-order valence-electron chi connectivity index (χ2n) is 5.50. The van der Waals surface area contributed by atoms with Crippen molar-refractivity contribution in [3.8, 4) is 11.3 Å². The van der Waals surface area contributed by atoms with Gasteiger partial charge in [-0.05, 0) is 18.2 Å². The van der Waals surface area contributed by atoms with E-state index in [2.05, 4.69) is 20.6 Å². The van der Waals surface area contributed by atoms with Crippen LogP contribution in [0.4, 0.5) is 17.5 Å². The summed E-state index contributed by atoms with van der Waals surface area (Å²) in [5, 5.41) is 7.46. The number of methoxy groups -OCH3 is 1. The highest BCUT2D eigenvalue weighted by atomic mass is 35.5. The quantitative estimate of drug-likeness (QED) is 0.541. The van der Waals surface area contributed by atoms with Gasteiger partial charge in [0.15, 0.2) is 0 Å². The van der Waals surface area contributed by atoms with Crippen LogP contribution in [0.5, 0.6) is 0 Å². The van der Waals surface area contributed by atoms with Gasteiger partial charge in [-0.25, -0.2) is 4.98 Å². The van der Waals surface area contributed by atoms with Crippen molar-refractivity contribution in [3.05, 3.63) is 64.6 Å². The van der Waals surface area contributed by atoms with E-state index in [4.69, 9.17) is 27.9 Å². The fourth-order valence-electron chi connectivity index (χ4n) is 2.34. The van der Waals surface area contributed by atoms with Crippen LogP contribution >= 0.6 is 23.2 Å². The summed E-state index contributed by atoms with van der Waals surface area (Å²) in [6.45, 7) is 1.22. The largest absolute Gasteiger partial charge is 0.383 e. The highest BCUT2D eigenvalue weighted by molar-refractivity contribution is 6.36. The Kier molecular flexibility index (Phi) is 6.28. The second kappa shape index (κ2) is 8.85. The zero-order valence-electron chi connectivity index (χ0n) is 14.2. The molecule has 0 spiro atoms. The Morgan fingerprint density at radius 3 is 2.54 bits per heavy atom. The van der Waals surface area contributed by atoms with Crippen molar-refractivity contribution < 1.29 is 4.74 Å². The zero-order chi connectivity index (χ0) is 18.4. The second-order valence-corrected chi connectivity index (χ2v) is 6.34. The minimum Gasteiger partial charge on any atom is -0.383 e. The molecule has 5 nitrogen and oxygen atoms in total. The Labute approximate surface area is 162 Å². The van der Waals surface area contributed by atoms with E-state index in [1.807, 2.05) is 36.4 Å². The summed E-state index contributed by atoms with van der Waals surface area (Å²) in [7, 11) is 1.66. The highest BCUT2D eigenvalue weighted by Crippen LogP contribution is 2.29. The molecule has 0 aliphatic heterocycles. The summed E-state index contributed by atoms with van der Waals surface area (Å²) in [5.74, 6) is 1.14. The average Bonchev–Trinajstić information content (AvgIpc) is 2.65. The molecule has 0 fully saturated rings. The molecule has 0 unspecified atom stereocenters. The lowest BCUT2D eigenvalue weighted by molar-refractivity contribution is 0.210. The fourth-order valence-corrected chi connectivity index (χ4v) is 2.80. The number of aromatic nitrogens is 2. The van der Waals surface area contributed by atoms with Crippen molar-refractivity contribution in [1.29, 1.82) is 0 Å². The summed E-state index contributed by atoms with van der Waals surface area (Å²) in [6, 6.07) is 17.0. The van der Waals surface area contributed by atoms with Gasteiger partial charge >= 0.3 is 0 Å². The number of hydrogen-bond donors (Lipinski definition) is 2. The fraction of sp³-hybridized carbons (Fsp3) is 0.158. The standard InChI is InChI=1S/C19H18Cl2N4O/c1-26-10-9-22-18-12-17(13-5-3-2-4-6-13)24-19(25-18)23-16-8-7-14(20)11-15(16)21/h2-8,11-12H,9-10H2,1H3,(H2,22,23,24,25). The SMILES string of the molecule is COCCNc1cc(-c2ccccc2)nc(Nc2ccc(Cl)cc2Cl)n1. The predicted molar refractivity (Wildman–Crippen MR) is 108 cm³/mol. The number of benzene rings is 2. The molecular formula is C19H18Cl2N4O. The van der Waals surface area contributed by atoms with Gasteiger partial charge in [0.05, 0.1) is 23.0 Å². The first-order valence-electron chi connectivity index (χ1n) is 8.05. The third kappa shape index (κ3) is 4.85. The Hall–Kier alpha value is -2.34. The third-order valence-corrected chi connectivity index (χ3v) is 4.13. The lowest BCUT2D eigenvalue weighted by atomic mass is 10.1. The van der Waals surface area contributed by atoms with Gasteiger partial charge in [0.1, 0.15) is 5.82 Å². The van der Waals surface area contributed by atoms with Crippen molar-refractivity contribution in [1.82, 2.24) is 9.97 Å². The molecule has 134 valence electrons. The first-order valence-corrected chi connectivity index (χ1v) is 8.80. The van der Waals surface area contributed by atoms with E-state index in [0.29, 0.717) is 40.7 Å². The van der Waals surface area contributed by atoms with Crippen LogP contribution in [-0.2, 0) is 4.74 Å². The number of nitrogens with zero attached hydrogens (tertiary/aromatic N) is 2. The van der Waals surface area contributed by atoms with Crippen molar-refractivity contribution in [2.45, 2.75) is 0 Å². The maximum Gasteiger partial charge on any atom is 0.229 e. The Bertz CT molecular complexity index is 875. The number of nitrogens with one attached hydrogen (secondary N) is 2. The smallest absolute Gasteiger partial charge is 0.229 e. The van der Waals surface area contributed by atoms with Gasteiger partial charge in [-0.3, -0.25) is 0 Å². The van der Waals surface area contributed by atoms with Crippen LogP contribution < -0.4 is 10.6 Å². The monoisotopic (exact) mass is 388 g/mol. The first-order chi connectivity index (χ1) is 12.7. The number of anilines is 3. The lowest BCUT2D eigenvalue weighted by Crippen LogP contribution is -2.10.